The molecule has 2 amide bonds. The van der Waals surface area contributed by atoms with Crippen molar-refractivity contribution in [1.29, 1.82) is 0 Å². The van der Waals surface area contributed by atoms with Crippen LogP contribution in [0.2, 0.25) is 0 Å². The molecule has 1 aromatic carbocycles. The van der Waals surface area contributed by atoms with Crippen LogP contribution in [0.25, 0.3) is 0 Å². The molecule has 0 aliphatic rings. The van der Waals surface area contributed by atoms with E-state index in [1.165, 1.54) is 0 Å². The Morgan fingerprint density at radius 2 is 1.66 bits per heavy atom. The van der Waals surface area contributed by atoms with Crippen molar-refractivity contribution in [1.82, 2.24) is 16.0 Å². The van der Waals surface area contributed by atoms with Gasteiger partial charge in [0.05, 0.1) is 6.04 Å². The second-order valence-electron chi connectivity index (χ2n) is 8.11. The largest absolute Gasteiger partial charge is 0.480 e. The molecular weight excluding hydrogens is 428 g/mol. The van der Waals surface area contributed by atoms with E-state index in [1.807, 2.05) is 50.4 Å². The zero-order valence-electron chi connectivity index (χ0n) is 19.3. The molecule has 0 bridgehead atoms. The summed E-state index contributed by atoms with van der Waals surface area (Å²) in [7, 11) is 0. The maximum absolute atomic E-state index is 13.0. The van der Waals surface area contributed by atoms with E-state index >= 15 is 0 Å². The molecule has 0 saturated carbocycles. The van der Waals surface area contributed by atoms with Crippen molar-refractivity contribution >= 4 is 29.5 Å². The van der Waals surface area contributed by atoms with E-state index in [9.17, 15) is 19.5 Å². The van der Waals surface area contributed by atoms with E-state index in [1.54, 1.807) is 11.8 Å². The van der Waals surface area contributed by atoms with Crippen LogP contribution >= 0.6 is 11.8 Å². The molecule has 0 aromatic heterocycles. The molecule has 9 heteroatoms. The van der Waals surface area contributed by atoms with Crippen LogP contribution in [-0.4, -0.2) is 59.6 Å². The lowest BCUT2D eigenvalue weighted by atomic mass is 10.0. The van der Waals surface area contributed by atoms with Gasteiger partial charge >= 0.3 is 5.97 Å². The monoisotopic (exact) mass is 466 g/mol. The van der Waals surface area contributed by atoms with Crippen LogP contribution in [0, 0.1) is 5.92 Å². The summed E-state index contributed by atoms with van der Waals surface area (Å²) in [6.07, 6.45) is 3.93. The smallest absolute Gasteiger partial charge is 0.326 e. The zero-order valence-corrected chi connectivity index (χ0v) is 20.1. The number of nitrogens with one attached hydrogen (secondary N) is 3. The second-order valence-corrected chi connectivity index (χ2v) is 9.10. The van der Waals surface area contributed by atoms with Gasteiger partial charge in [-0.05, 0) is 55.7 Å². The van der Waals surface area contributed by atoms with Crippen LogP contribution in [0.5, 0.6) is 0 Å². The summed E-state index contributed by atoms with van der Waals surface area (Å²) in [5, 5.41) is 18.2. The van der Waals surface area contributed by atoms with Crippen molar-refractivity contribution in [2.24, 2.45) is 11.7 Å². The average molecular weight is 467 g/mol. The Balaban J connectivity index is 2.81. The summed E-state index contributed by atoms with van der Waals surface area (Å²) in [5.74, 6) is -1.17. The fourth-order valence-electron chi connectivity index (χ4n) is 3.24. The topological polar surface area (TPSA) is 134 Å². The van der Waals surface area contributed by atoms with Crippen LogP contribution in [0.15, 0.2) is 30.3 Å². The van der Waals surface area contributed by atoms with E-state index in [2.05, 4.69) is 16.0 Å². The Morgan fingerprint density at radius 3 is 2.22 bits per heavy atom. The number of benzene rings is 1. The molecule has 0 aliphatic heterocycles. The highest BCUT2D eigenvalue weighted by molar-refractivity contribution is 7.98. The predicted molar refractivity (Wildman–Crippen MR) is 129 cm³/mol. The lowest BCUT2D eigenvalue weighted by molar-refractivity contribution is -0.142. The van der Waals surface area contributed by atoms with Crippen LogP contribution in [0.3, 0.4) is 0 Å². The number of nitrogens with two attached hydrogens (primary N) is 1. The minimum Gasteiger partial charge on any atom is -0.480 e. The van der Waals surface area contributed by atoms with Gasteiger partial charge in [-0.25, -0.2) is 4.79 Å². The van der Waals surface area contributed by atoms with Gasteiger partial charge in [-0.2, -0.15) is 11.8 Å². The van der Waals surface area contributed by atoms with E-state index in [-0.39, 0.29) is 11.8 Å². The zero-order chi connectivity index (χ0) is 23.9. The molecule has 180 valence electrons. The SMILES string of the molecule is CSCC[C@H](NC(=O)[C@@H](NCc1ccccc1)C(C)C)C(=O)N[C@@H](CCCCN)C(=O)O. The molecule has 3 atom stereocenters. The van der Waals surface area contributed by atoms with E-state index in [4.69, 9.17) is 5.73 Å². The van der Waals surface area contributed by atoms with Gasteiger partial charge in [0.15, 0.2) is 0 Å². The molecule has 32 heavy (non-hydrogen) atoms. The third-order valence-corrected chi connectivity index (χ3v) is 5.77. The minimum absolute atomic E-state index is 0.00556. The van der Waals surface area contributed by atoms with Gasteiger partial charge in [0.2, 0.25) is 11.8 Å². The Bertz CT molecular complexity index is 702. The van der Waals surface area contributed by atoms with E-state index < -0.39 is 30.0 Å². The van der Waals surface area contributed by atoms with Crippen LogP contribution in [0.1, 0.15) is 45.1 Å². The van der Waals surface area contributed by atoms with Gasteiger partial charge in [-0.3, -0.25) is 9.59 Å². The number of carbonyl (C=O) groups excluding carboxylic acids is 2. The van der Waals surface area contributed by atoms with Crippen molar-refractivity contribution in [2.45, 2.75) is 64.2 Å². The van der Waals surface area contributed by atoms with Crippen molar-refractivity contribution in [2.75, 3.05) is 18.6 Å². The lowest BCUT2D eigenvalue weighted by Crippen LogP contribution is -2.56. The Kier molecular flexibility index (Phi) is 13.7. The maximum atomic E-state index is 13.0. The number of carbonyl (C=O) groups is 3. The third-order valence-electron chi connectivity index (χ3n) is 5.12. The number of hydrogen-bond donors (Lipinski definition) is 5. The molecule has 1 rings (SSSR count). The second kappa shape index (κ2) is 15.7. The number of aliphatic carboxylic acids is 1. The van der Waals surface area contributed by atoms with Gasteiger partial charge < -0.3 is 26.8 Å². The molecule has 0 heterocycles. The Labute approximate surface area is 195 Å². The number of thioether (sulfide) groups is 1. The molecule has 0 aliphatic carbocycles. The highest BCUT2D eigenvalue weighted by Crippen LogP contribution is 2.09. The first-order chi connectivity index (χ1) is 15.3. The van der Waals surface area contributed by atoms with Gasteiger partial charge in [-0.1, -0.05) is 44.2 Å². The maximum Gasteiger partial charge on any atom is 0.326 e. The van der Waals surface area contributed by atoms with Gasteiger partial charge in [0.25, 0.3) is 0 Å². The first kappa shape index (κ1) is 27.9. The summed E-state index contributed by atoms with van der Waals surface area (Å²) in [5.41, 5.74) is 6.53. The highest BCUT2D eigenvalue weighted by atomic mass is 32.2. The van der Waals surface area contributed by atoms with E-state index in [0.29, 0.717) is 44.5 Å². The van der Waals surface area contributed by atoms with Crippen LogP contribution < -0.4 is 21.7 Å². The molecule has 0 spiro atoms. The van der Waals surface area contributed by atoms with Gasteiger partial charge in [0, 0.05) is 6.54 Å². The molecule has 0 saturated heterocycles. The Morgan fingerprint density at radius 1 is 1.00 bits per heavy atom. The number of amides is 2. The van der Waals surface area contributed by atoms with Gasteiger partial charge in [-0.15, -0.1) is 0 Å². The Hall–Kier alpha value is -2.10. The first-order valence-electron chi connectivity index (χ1n) is 11.1. The number of carboxylic acid groups (broad SMARTS) is 1. The molecule has 0 unspecified atom stereocenters. The van der Waals surface area contributed by atoms with Crippen molar-refractivity contribution in [3.05, 3.63) is 35.9 Å². The van der Waals surface area contributed by atoms with E-state index in [0.717, 1.165) is 5.56 Å². The number of unbranched alkanes of at least 4 members (excludes halogenated alkanes) is 1. The number of carboxylic acids is 1. The summed E-state index contributed by atoms with van der Waals surface area (Å²) in [6.45, 7) is 4.88. The third kappa shape index (κ3) is 10.5. The summed E-state index contributed by atoms with van der Waals surface area (Å²) in [6, 6.07) is 7.49. The number of hydrogen-bond acceptors (Lipinski definition) is 6. The molecule has 1 aromatic rings. The molecule has 8 nitrogen and oxygen atoms in total. The van der Waals surface area contributed by atoms with Crippen molar-refractivity contribution in [3.8, 4) is 0 Å². The number of rotatable bonds is 16. The standard InChI is InChI=1S/C23H38N4O4S/c1-16(2)20(25-15-17-9-5-4-6-10-17)22(29)26-18(12-14-32-3)21(28)27-19(23(30)31)11-7-8-13-24/h4-6,9-10,16,18-20,25H,7-8,11-15,24H2,1-3H3,(H,26,29)(H,27,28)(H,30,31)/t18-,19-,20-/m0/s1. The lowest BCUT2D eigenvalue weighted by Gasteiger charge is -2.26. The average Bonchev–Trinajstić information content (AvgIpc) is 2.76. The predicted octanol–water partition coefficient (Wildman–Crippen LogP) is 1.74. The fraction of sp³-hybridized carbons (Fsp3) is 0.609. The summed E-state index contributed by atoms with van der Waals surface area (Å²) in [4.78, 5) is 37.4. The molecule has 6 N–H and O–H groups in total. The summed E-state index contributed by atoms with van der Waals surface area (Å²) < 4.78 is 0. The molecule has 0 fully saturated rings. The minimum atomic E-state index is -1.09. The van der Waals surface area contributed by atoms with Crippen LogP contribution in [-0.2, 0) is 20.9 Å². The first-order valence-corrected chi connectivity index (χ1v) is 12.5. The highest BCUT2D eigenvalue weighted by Gasteiger charge is 2.29. The molecule has 0 radical (unpaired) electrons. The molecular formula is C23H38N4O4S. The summed E-state index contributed by atoms with van der Waals surface area (Å²) >= 11 is 1.56. The van der Waals surface area contributed by atoms with Gasteiger partial charge in [0.1, 0.15) is 12.1 Å². The van der Waals surface area contributed by atoms with Crippen molar-refractivity contribution < 1.29 is 19.5 Å². The fourth-order valence-corrected chi connectivity index (χ4v) is 3.71. The van der Waals surface area contributed by atoms with Crippen LogP contribution in [0.4, 0.5) is 0 Å². The van der Waals surface area contributed by atoms with Crippen molar-refractivity contribution in [3.63, 3.8) is 0 Å². The quantitative estimate of drug-likeness (QED) is 0.234. The normalized spacial score (nSPS) is 13.9.